The molecule has 0 aromatic heterocycles. The summed E-state index contributed by atoms with van der Waals surface area (Å²) in [5, 5.41) is 12.2. The molecule has 0 aliphatic heterocycles. The van der Waals surface area contributed by atoms with Crippen LogP contribution in [-0.2, 0) is 4.79 Å². The Bertz CT molecular complexity index is 484. The monoisotopic (exact) mass is 251 g/mol. The number of carboxylic acids is 1. The molecule has 0 spiro atoms. The molecule has 1 aromatic rings. The molecule has 1 aromatic carbocycles. The van der Waals surface area contributed by atoms with Crippen LogP contribution in [0.5, 0.6) is 0 Å². The summed E-state index contributed by atoms with van der Waals surface area (Å²) < 4.78 is 13.1. The highest BCUT2D eigenvalue weighted by Crippen LogP contribution is 2.25. The standard InChI is InChI=1S/C12H14FN3O2/c1-8-7-9(5-6-10(8)13)11(15-16-14)3-2-4-12(17)18/h5-7,11H,2-4H2,1H3,(H,17,18). The number of aliphatic carboxylic acids is 1. The van der Waals surface area contributed by atoms with E-state index in [1.165, 1.54) is 6.07 Å². The average Bonchev–Trinajstić information content (AvgIpc) is 2.31. The Labute approximate surface area is 104 Å². The molecule has 0 bridgehead atoms. The molecule has 0 fully saturated rings. The van der Waals surface area contributed by atoms with Crippen molar-refractivity contribution < 1.29 is 14.3 Å². The quantitative estimate of drug-likeness (QED) is 0.474. The van der Waals surface area contributed by atoms with Gasteiger partial charge in [-0.25, -0.2) is 4.39 Å². The first-order valence-electron chi connectivity index (χ1n) is 5.56. The third-order valence-electron chi connectivity index (χ3n) is 2.63. The third-order valence-corrected chi connectivity index (χ3v) is 2.63. The first kappa shape index (κ1) is 14.0. The number of carbonyl (C=O) groups is 1. The Morgan fingerprint density at radius 3 is 2.89 bits per heavy atom. The third kappa shape index (κ3) is 4.07. The smallest absolute Gasteiger partial charge is 0.303 e. The maximum atomic E-state index is 13.1. The molecule has 0 saturated heterocycles. The van der Waals surface area contributed by atoms with Crippen molar-refractivity contribution in [2.75, 3.05) is 0 Å². The van der Waals surface area contributed by atoms with E-state index in [1.54, 1.807) is 19.1 Å². The lowest BCUT2D eigenvalue weighted by atomic mass is 10.00. The molecule has 18 heavy (non-hydrogen) atoms. The first-order chi connectivity index (χ1) is 8.54. The van der Waals surface area contributed by atoms with Crippen molar-refractivity contribution in [3.8, 4) is 0 Å². The number of nitrogens with zero attached hydrogens (tertiary/aromatic N) is 3. The summed E-state index contributed by atoms with van der Waals surface area (Å²) >= 11 is 0. The number of rotatable bonds is 6. The van der Waals surface area contributed by atoms with E-state index < -0.39 is 12.0 Å². The van der Waals surface area contributed by atoms with E-state index >= 15 is 0 Å². The van der Waals surface area contributed by atoms with Gasteiger partial charge in [-0.15, -0.1) is 0 Å². The topological polar surface area (TPSA) is 86.1 Å². The van der Waals surface area contributed by atoms with Crippen LogP contribution in [0.15, 0.2) is 23.3 Å². The van der Waals surface area contributed by atoms with Gasteiger partial charge in [0.1, 0.15) is 5.82 Å². The molecule has 0 aliphatic carbocycles. The predicted octanol–water partition coefficient (Wildman–Crippen LogP) is 3.74. The lowest BCUT2D eigenvalue weighted by molar-refractivity contribution is -0.137. The van der Waals surface area contributed by atoms with E-state index in [2.05, 4.69) is 10.0 Å². The van der Waals surface area contributed by atoms with Crippen molar-refractivity contribution in [2.24, 2.45) is 5.11 Å². The van der Waals surface area contributed by atoms with Crippen LogP contribution in [0.1, 0.15) is 36.4 Å². The highest BCUT2D eigenvalue weighted by Gasteiger charge is 2.11. The molecule has 0 heterocycles. The lowest BCUT2D eigenvalue weighted by Crippen LogP contribution is -2.00. The fourth-order valence-electron chi connectivity index (χ4n) is 1.68. The van der Waals surface area contributed by atoms with Crippen LogP contribution in [0.25, 0.3) is 10.4 Å². The predicted molar refractivity (Wildman–Crippen MR) is 64.5 cm³/mol. The number of hydrogen-bond donors (Lipinski definition) is 1. The van der Waals surface area contributed by atoms with Gasteiger partial charge in [-0.2, -0.15) is 0 Å². The van der Waals surface area contributed by atoms with Gasteiger partial charge in [0.05, 0.1) is 6.04 Å². The summed E-state index contributed by atoms with van der Waals surface area (Å²) in [7, 11) is 0. The average molecular weight is 251 g/mol. The number of hydrogen-bond acceptors (Lipinski definition) is 2. The molecular weight excluding hydrogens is 237 g/mol. The molecule has 1 N–H and O–H groups in total. The molecule has 0 aliphatic rings. The van der Waals surface area contributed by atoms with Crippen LogP contribution in [-0.4, -0.2) is 11.1 Å². The summed E-state index contributed by atoms with van der Waals surface area (Å²) in [6.45, 7) is 1.63. The van der Waals surface area contributed by atoms with Gasteiger partial charge in [0.25, 0.3) is 0 Å². The lowest BCUT2D eigenvalue weighted by Gasteiger charge is -2.11. The summed E-state index contributed by atoms with van der Waals surface area (Å²) in [5.74, 6) is -1.20. The number of benzene rings is 1. The van der Waals surface area contributed by atoms with Gasteiger partial charge >= 0.3 is 5.97 Å². The molecular formula is C12H14FN3O2. The van der Waals surface area contributed by atoms with Gasteiger partial charge in [-0.3, -0.25) is 4.79 Å². The Morgan fingerprint density at radius 1 is 1.61 bits per heavy atom. The van der Waals surface area contributed by atoms with Crippen LogP contribution in [0.2, 0.25) is 0 Å². The van der Waals surface area contributed by atoms with Gasteiger partial charge in [-0.05, 0) is 42.5 Å². The summed E-state index contributed by atoms with van der Waals surface area (Å²) in [4.78, 5) is 13.2. The Hall–Kier alpha value is -2.07. The van der Waals surface area contributed by atoms with Crippen LogP contribution < -0.4 is 0 Å². The van der Waals surface area contributed by atoms with Crippen molar-refractivity contribution in [3.63, 3.8) is 0 Å². The van der Waals surface area contributed by atoms with Crippen molar-refractivity contribution in [1.29, 1.82) is 0 Å². The van der Waals surface area contributed by atoms with Gasteiger partial charge in [-0.1, -0.05) is 17.2 Å². The van der Waals surface area contributed by atoms with Crippen LogP contribution in [0.3, 0.4) is 0 Å². The molecule has 6 heteroatoms. The highest BCUT2D eigenvalue weighted by atomic mass is 19.1. The van der Waals surface area contributed by atoms with Crippen molar-refractivity contribution in [1.82, 2.24) is 0 Å². The van der Waals surface area contributed by atoms with Gasteiger partial charge in [0.15, 0.2) is 0 Å². The maximum Gasteiger partial charge on any atom is 0.303 e. The minimum absolute atomic E-state index is 0.0254. The highest BCUT2D eigenvalue weighted by molar-refractivity contribution is 5.66. The molecule has 5 nitrogen and oxygen atoms in total. The Kier molecular flexibility index (Phi) is 5.14. The largest absolute Gasteiger partial charge is 0.481 e. The fourth-order valence-corrected chi connectivity index (χ4v) is 1.68. The Balaban J connectivity index is 2.80. The van der Waals surface area contributed by atoms with Crippen LogP contribution in [0, 0.1) is 12.7 Å². The van der Waals surface area contributed by atoms with Crippen molar-refractivity contribution in [2.45, 2.75) is 32.2 Å². The second kappa shape index (κ2) is 6.61. The zero-order valence-corrected chi connectivity index (χ0v) is 10.0. The van der Waals surface area contributed by atoms with Crippen LogP contribution >= 0.6 is 0 Å². The van der Waals surface area contributed by atoms with Crippen LogP contribution in [0.4, 0.5) is 4.39 Å². The Morgan fingerprint density at radius 2 is 2.33 bits per heavy atom. The number of halogens is 1. The summed E-state index contributed by atoms with van der Waals surface area (Å²) in [6.07, 6.45) is 0.870. The number of carboxylic acid groups (broad SMARTS) is 1. The second-order valence-corrected chi connectivity index (χ2v) is 4.02. The molecule has 1 atom stereocenters. The van der Waals surface area contributed by atoms with E-state index in [9.17, 15) is 9.18 Å². The van der Waals surface area contributed by atoms with E-state index in [4.69, 9.17) is 10.6 Å². The number of aryl methyl sites for hydroxylation is 1. The molecule has 0 radical (unpaired) electrons. The van der Waals surface area contributed by atoms with E-state index in [1.807, 2.05) is 0 Å². The molecule has 1 rings (SSSR count). The SMILES string of the molecule is Cc1cc(C(CCCC(=O)O)N=[N+]=[N-])ccc1F. The van der Waals surface area contributed by atoms with E-state index in [0.29, 0.717) is 24.0 Å². The number of azide groups is 1. The molecule has 0 saturated carbocycles. The molecule has 96 valence electrons. The fraction of sp³-hybridized carbons (Fsp3) is 0.417. The minimum atomic E-state index is -0.884. The summed E-state index contributed by atoms with van der Waals surface area (Å²) in [5.41, 5.74) is 9.68. The first-order valence-corrected chi connectivity index (χ1v) is 5.56. The van der Waals surface area contributed by atoms with Crippen molar-refractivity contribution in [3.05, 3.63) is 45.6 Å². The minimum Gasteiger partial charge on any atom is -0.481 e. The van der Waals surface area contributed by atoms with E-state index in [-0.39, 0.29) is 12.2 Å². The maximum absolute atomic E-state index is 13.1. The zero-order chi connectivity index (χ0) is 13.5. The van der Waals surface area contributed by atoms with Crippen molar-refractivity contribution >= 4 is 5.97 Å². The summed E-state index contributed by atoms with van der Waals surface area (Å²) in [6, 6.07) is 4.05. The molecule has 0 amide bonds. The van der Waals surface area contributed by atoms with Gasteiger partial charge < -0.3 is 5.11 Å². The second-order valence-electron chi connectivity index (χ2n) is 4.02. The zero-order valence-electron chi connectivity index (χ0n) is 10.0. The van der Waals surface area contributed by atoms with Gasteiger partial charge in [0, 0.05) is 11.3 Å². The van der Waals surface area contributed by atoms with E-state index in [0.717, 1.165) is 0 Å². The van der Waals surface area contributed by atoms with Gasteiger partial charge in [0.2, 0.25) is 0 Å². The molecule has 1 unspecified atom stereocenters. The normalized spacial score (nSPS) is 11.7.